The molecular weight excluding hydrogens is 203 g/mol. The van der Waals surface area contributed by atoms with Gasteiger partial charge in [-0.3, -0.25) is 0 Å². The highest BCUT2D eigenvalue weighted by Crippen LogP contribution is 2.21. The van der Waals surface area contributed by atoms with Gasteiger partial charge in [0.25, 0.3) is 0 Å². The van der Waals surface area contributed by atoms with E-state index < -0.39 is 6.17 Å². The van der Waals surface area contributed by atoms with Crippen molar-refractivity contribution in [2.45, 2.75) is 6.17 Å². The Balaban J connectivity index is 2.30. The van der Waals surface area contributed by atoms with Crippen molar-refractivity contribution < 1.29 is 4.39 Å². The molecular formula is C13H11FN2. The number of rotatable bonds is 3. The summed E-state index contributed by atoms with van der Waals surface area (Å²) in [4.78, 5) is 8.24. The van der Waals surface area contributed by atoms with E-state index in [9.17, 15) is 4.39 Å². The molecule has 2 aromatic rings. The van der Waals surface area contributed by atoms with Crippen LogP contribution < -0.4 is 0 Å². The fourth-order valence-corrected chi connectivity index (χ4v) is 1.40. The number of hydrogen-bond donors (Lipinski definition) is 0. The molecule has 0 aliphatic rings. The fraction of sp³-hybridized carbons (Fsp3) is 0.0769. The minimum absolute atomic E-state index is 0.592. The van der Waals surface area contributed by atoms with Crippen molar-refractivity contribution in [1.82, 2.24) is 9.97 Å². The van der Waals surface area contributed by atoms with E-state index in [1.54, 1.807) is 42.7 Å². The maximum atomic E-state index is 13.2. The molecule has 0 bridgehead atoms. The number of hydrogen-bond acceptors (Lipinski definition) is 2. The summed E-state index contributed by atoms with van der Waals surface area (Å²) in [5.74, 6) is 0.642. The second-order valence-electron chi connectivity index (χ2n) is 3.33. The number of allylic oxidation sites excluding steroid dienone is 1. The second kappa shape index (κ2) is 4.66. The maximum Gasteiger partial charge on any atom is 0.159 e. The molecule has 0 fully saturated rings. The lowest BCUT2D eigenvalue weighted by Crippen LogP contribution is -1.89. The van der Waals surface area contributed by atoms with Gasteiger partial charge >= 0.3 is 0 Å². The van der Waals surface area contributed by atoms with Crippen LogP contribution in [0.25, 0.3) is 11.4 Å². The number of aromatic nitrogens is 2. The van der Waals surface area contributed by atoms with Crippen LogP contribution in [0.15, 0.2) is 55.4 Å². The normalized spacial score (nSPS) is 12.1. The van der Waals surface area contributed by atoms with E-state index in [0.717, 1.165) is 5.56 Å². The molecule has 0 spiro atoms. The summed E-state index contributed by atoms with van der Waals surface area (Å²) in [7, 11) is 0. The lowest BCUT2D eigenvalue weighted by Gasteiger charge is -2.04. The van der Waals surface area contributed by atoms with E-state index >= 15 is 0 Å². The molecule has 80 valence electrons. The monoisotopic (exact) mass is 214 g/mol. The molecule has 0 radical (unpaired) electrons. The predicted molar refractivity (Wildman–Crippen MR) is 61.5 cm³/mol. The standard InChI is InChI=1S/C13H11FN2/c1-2-12(14)10-4-6-11(7-5-10)13-15-8-3-9-16-13/h2-9,12H,1H2. The third-order valence-corrected chi connectivity index (χ3v) is 2.26. The molecule has 0 aliphatic heterocycles. The summed E-state index contributed by atoms with van der Waals surface area (Å²) in [6, 6.07) is 8.81. The first kappa shape index (κ1) is 10.5. The van der Waals surface area contributed by atoms with Gasteiger partial charge in [0.1, 0.15) is 6.17 Å². The SMILES string of the molecule is C=CC(F)c1ccc(-c2ncccn2)cc1. The highest BCUT2D eigenvalue weighted by Gasteiger charge is 2.05. The van der Waals surface area contributed by atoms with Gasteiger partial charge in [-0.25, -0.2) is 14.4 Å². The molecule has 0 saturated carbocycles. The van der Waals surface area contributed by atoms with Gasteiger partial charge in [-0.2, -0.15) is 0 Å². The van der Waals surface area contributed by atoms with Crippen LogP contribution >= 0.6 is 0 Å². The van der Waals surface area contributed by atoms with Crippen molar-refractivity contribution in [3.8, 4) is 11.4 Å². The van der Waals surface area contributed by atoms with Gasteiger partial charge < -0.3 is 0 Å². The summed E-state index contributed by atoms with van der Waals surface area (Å²) >= 11 is 0. The molecule has 0 amide bonds. The van der Waals surface area contributed by atoms with E-state index in [4.69, 9.17) is 0 Å². The van der Waals surface area contributed by atoms with E-state index in [1.807, 2.05) is 0 Å². The smallest absolute Gasteiger partial charge is 0.159 e. The molecule has 2 nitrogen and oxygen atoms in total. The van der Waals surface area contributed by atoms with Crippen molar-refractivity contribution in [3.63, 3.8) is 0 Å². The minimum Gasteiger partial charge on any atom is -0.238 e. The number of benzene rings is 1. The Morgan fingerprint density at radius 2 is 1.75 bits per heavy atom. The first-order valence-corrected chi connectivity index (χ1v) is 4.95. The van der Waals surface area contributed by atoms with Crippen molar-refractivity contribution in [1.29, 1.82) is 0 Å². The minimum atomic E-state index is -1.12. The number of alkyl halides is 1. The lowest BCUT2D eigenvalue weighted by molar-refractivity contribution is 0.415. The van der Waals surface area contributed by atoms with E-state index in [-0.39, 0.29) is 0 Å². The summed E-state index contributed by atoms with van der Waals surface area (Å²) in [6.07, 6.45) is 3.51. The van der Waals surface area contributed by atoms with Gasteiger partial charge in [-0.15, -0.1) is 0 Å². The first-order chi connectivity index (χ1) is 7.81. The lowest BCUT2D eigenvalue weighted by atomic mass is 10.1. The Morgan fingerprint density at radius 3 is 2.31 bits per heavy atom. The summed E-state index contributed by atoms with van der Waals surface area (Å²) in [5, 5.41) is 0. The Labute approximate surface area is 93.5 Å². The van der Waals surface area contributed by atoms with Crippen LogP contribution in [-0.4, -0.2) is 9.97 Å². The summed E-state index contributed by atoms with van der Waals surface area (Å²) < 4.78 is 13.2. The Morgan fingerprint density at radius 1 is 1.12 bits per heavy atom. The zero-order valence-electron chi connectivity index (χ0n) is 8.68. The molecule has 2 rings (SSSR count). The van der Waals surface area contributed by atoms with Crippen molar-refractivity contribution in [2.24, 2.45) is 0 Å². The van der Waals surface area contributed by atoms with Gasteiger partial charge in [0, 0.05) is 18.0 Å². The average molecular weight is 214 g/mol. The zero-order chi connectivity index (χ0) is 11.4. The number of halogens is 1. The van der Waals surface area contributed by atoms with Crippen LogP contribution in [0.2, 0.25) is 0 Å². The van der Waals surface area contributed by atoms with Crippen molar-refractivity contribution >= 4 is 0 Å². The molecule has 0 aliphatic carbocycles. The van der Waals surface area contributed by atoms with Crippen molar-refractivity contribution in [3.05, 3.63) is 60.9 Å². The highest BCUT2D eigenvalue weighted by atomic mass is 19.1. The molecule has 1 unspecified atom stereocenters. The predicted octanol–water partition coefficient (Wildman–Crippen LogP) is 3.34. The van der Waals surface area contributed by atoms with Crippen LogP contribution in [0, 0.1) is 0 Å². The number of nitrogens with zero attached hydrogens (tertiary/aromatic N) is 2. The molecule has 1 aromatic carbocycles. The molecule has 3 heteroatoms. The average Bonchev–Trinajstić information content (AvgIpc) is 2.39. The Bertz CT molecular complexity index is 465. The molecule has 0 N–H and O–H groups in total. The van der Waals surface area contributed by atoms with Crippen LogP contribution in [-0.2, 0) is 0 Å². The largest absolute Gasteiger partial charge is 0.238 e. The Kier molecular flexibility index (Phi) is 3.05. The van der Waals surface area contributed by atoms with Gasteiger partial charge in [0.15, 0.2) is 5.82 Å². The highest BCUT2D eigenvalue weighted by molar-refractivity contribution is 5.55. The van der Waals surface area contributed by atoms with Gasteiger partial charge in [0.2, 0.25) is 0 Å². The third kappa shape index (κ3) is 2.14. The molecule has 0 saturated heterocycles. The summed E-state index contributed by atoms with van der Waals surface area (Å²) in [6.45, 7) is 3.42. The van der Waals surface area contributed by atoms with E-state index in [0.29, 0.717) is 11.4 Å². The van der Waals surface area contributed by atoms with E-state index in [2.05, 4.69) is 16.5 Å². The summed E-state index contributed by atoms with van der Waals surface area (Å²) in [5.41, 5.74) is 1.47. The van der Waals surface area contributed by atoms with Gasteiger partial charge in [-0.1, -0.05) is 36.9 Å². The zero-order valence-corrected chi connectivity index (χ0v) is 8.68. The molecule has 1 atom stereocenters. The maximum absolute atomic E-state index is 13.2. The molecule has 1 heterocycles. The Hall–Kier alpha value is -2.03. The third-order valence-electron chi connectivity index (χ3n) is 2.26. The molecule has 1 aromatic heterocycles. The van der Waals surface area contributed by atoms with Crippen molar-refractivity contribution in [2.75, 3.05) is 0 Å². The fourth-order valence-electron chi connectivity index (χ4n) is 1.40. The van der Waals surface area contributed by atoms with Crippen LogP contribution in [0.1, 0.15) is 11.7 Å². The first-order valence-electron chi connectivity index (χ1n) is 4.95. The second-order valence-corrected chi connectivity index (χ2v) is 3.33. The quantitative estimate of drug-likeness (QED) is 0.732. The molecule has 16 heavy (non-hydrogen) atoms. The van der Waals surface area contributed by atoms with Crippen LogP contribution in [0.3, 0.4) is 0 Å². The topological polar surface area (TPSA) is 25.8 Å². The van der Waals surface area contributed by atoms with Crippen LogP contribution in [0.5, 0.6) is 0 Å². The van der Waals surface area contributed by atoms with Crippen LogP contribution in [0.4, 0.5) is 4.39 Å². The van der Waals surface area contributed by atoms with Gasteiger partial charge in [-0.05, 0) is 11.6 Å². The van der Waals surface area contributed by atoms with E-state index in [1.165, 1.54) is 6.08 Å². The van der Waals surface area contributed by atoms with Gasteiger partial charge in [0.05, 0.1) is 0 Å².